The Balaban J connectivity index is 0.00000148. The third-order valence-electron chi connectivity index (χ3n) is 7.15. The van der Waals surface area contributed by atoms with Gasteiger partial charge in [-0.3, -0.25) is 14.9 Å². The number of rotatable bonds is 9. The van der Waals surface area contributed by atoms with Gasteiger partial charge in [0.2, 0.25) is 5.91 Å². The van der Waals surface area contributed by atoms with Crippen molar-refractivity contribution in [2.24, 2.45) is 16.6 Å². The van der Waals surface area contributed by atoms with Crippen LogP contribution in [0.5, 0.6) is 0 Å². The van der Waals surface area contributed by atoms with Crippen LogP contribution < -0.4 is 16.4 Å². The average molecular weight is 583 g/mol. The number of carbonyl (C=O) groups excluding carboxylic acids is 2. The van der Waals surface area contributed by atoms with E-state index < -0.39 is 5.92 Å². The Labute approximate surface area is 250 Å². The lowest BCUT2D eigenvalue weighted by Crippen LogP contribution is -2.43. The Morgan fingerprint density at radius 3 is 2.55 bits per heavy atom. The monoisotopic (exact) mass is 582 g/mol. The van der Waals surface area contributed by atoms with Crippen molar-refractivity contribution in [2.75, 3.05) is 0 Å². The second-order valence-electron chi connectivity index (χ2n) is 10.7. The van der Waals surface area contributed by atoms with Gasteiger partial charge in [0.1, 0.15) is 0 Å². The van der Waals surface area contributed by atoms with Gasteiger partial charge in [-0.05, 0) is 79.0 Å². The number of benzene rings is 2. The summed E-state index contributed by atoms with van der Waals surface area (Å²) in [4.78, 5) is 29.1. The molecule has 0 radical (unpaired) electrons. The fourth-order valence-corrected chi connectivity index (χ4v) is 5.20. The largest absolute Gasteiger partial charge is 0.370 e. The highest BCUT2D eigenvalue weighted by atomic mass is 19.3. The van der Waals surface area contributed by atoms with Gasteiger partial charge < -0.3 is 11.1 Å². The number of amides is 2. The molecule has 2 aliphatic rings. The second kappa shape index (κ2) is 16.2. The molecular formula is C34H48F2N4O2. The summed E-state index contributed by atoms with van der Waals surface area (Å²) in [5.41, 5.74) is 9.75. The smallest absolute Gasteiger partial charge is 0.273 e. The van der Waals surface area contributed by atoms with E-state index in [1.807, 2.05) is 52.8 Å². The number of alkyl halides is 2. The SMILES string of the molecule is CC.CC.Cc1ccc(/C=C\CCC2CC(=O)NC(N)=N2)cc1C(CC(C)C)NC(=O)c1ccc2c(c1)CCC2(F)F. The molecule has 1 aliphatic carbocycles. The van der Waals surface area contributed by atoms with Crippen LogP contribution in [0.4, 0.5) is 8.78 Å². The summed E-state index contributed by atoms with van der Waals surface area (Å²) in [6.45, 7) is 14.2. The van der Waals surface area contributed by atoms with Gasteiger partial charge in [-0.2, -0.15) is 0 Å². The quantitative estimate of drug-likeness (QED) is 0.284. The molecule has 0 spiro atoms. The molecule has 0 saturated carbocycles. The molecule has 6 nitrogen and oxygen atoms in total. The summed E-state index contributed by atoms with van der Waals surface area (Å²) < 4.78 is 28.1. The molecule has 8 heteroatoms. The van der Waals surface area contributed by atoms with Gasteiger partial charge in [-0.15, -0.1) is 0 Å². The minimum absolute atomic E-state index is 0.0325. The summed E-state index contributed by atoms with van der Waals surface area (Å²) in [5, 5.41) is 5.67. The van der Waals surface area contributed by atoms with Gasteiger partial charge in [-0.25, -0.2) is 13.8 Å². The van der Waals surface area contributed by atoms with Gasteiger partial charge >= 0.3 is 0 Å². The number of hydrogen-bond donors (Lipinski definition) is 3. The summed E-state index contributed by atoms with van der Waals surface area (Å²) in [7, 11) is 0. The maximum Gasteiger partial charge on any atom is 0.273 e. The van der Waals surface area contributed by atoms with Crippen LogP contribution >= 0.6 is 0 Å². The van der Waals surface area contributed by atoms with E-state index in [1.54, 1.807) is 6.07 Å². The first-order valence-corrected chi connectivity index (χ1v) is 15.2. The van der Waals surface area contributed by atoms with Crippen LogP contribution in [-0.4, -0.2) is 23.8 Å². The van der Waals surface area contributed by atoms with Crippen LogP contribution in [0.1, 0.15) is 118 Å². The highest BCUT2D eigenvalue weighted by Crippen LogP contribution is 2.41. The van der Waals surface area contributed by atoms with Crippen molar-refractivity contribution < 1.29 is 18.4 Å². The van der Waals surface area contributed by atoms with Crippen molar-refractivity contribution in [1.82, 2.24) is 10.6 Å². The van der Waals surface area contributed by atoms with Crippen molar-refractivity contribution in [3.63, 3.8) is 0 Å². The predicted octanol–water partition coefficient (Wildman–Crippen LogP) is 7.60. The Morgan fingerprint density at radius 1 is 1.17 bits per heavy atom. The molecule has 4 rings (SSSR count). The number of halogens is 2. The lowest BCUT2D eigenvalue weighted by Gasteiger charge is -2.24. The van der Waals surface area contributed by atoms with Crippen molar-refractivity contribution in [3.05, 3.63) is 75.9 Å². The number of nitrogens with one attached hydrogen (secondary N) is 2. The standard InChI is InChI=1S/C30H36F2N4O2.2C2H6/c1-18(2)14-26(35-28(38)22-10-11-25-21(16-22)12-13-30(25,31)32)24-15-20(9-8-19(24)3)6-4-5-7-23-17-27(37)36-29(33)34-23;2*1-2/h4,6,8-11,15-16,18,23,26H,5,7,12-14,17H2,1-3H3,(H,35,38)(H3,33,34,36,37);2*1-2H3/b6-4-;;. The van der Waals surface area contributed by atoms with Crippen LogP contribution in [-0.2, 0) is 17.1 Å². The van der Waals surface area contributed by atoms with Crippen molar-refractivity contribution in [1.29, 1.82) is 0 Å². The van der Waals surface area contributed by atoms with E-state index in [1.165, 1.54) is 12.1 Å². The van der Waals surface area contributed by atoms with Gasteiger partial charge in [0, 0.05) is 24.0 Å². The number of guanidine groups is 1. The third-order valence-corrected chi connectivity index (χ3v) is 7.15. The lowest BCUT2D eigenvalue weighted by atomic mass is 9.92. The molecular weight excluding hydrogens is 534 g/mol. The van der Waals surface area contributed by atoms with Crippen LogP contribution in [0.3, 0.4) is 0 Å². The van der Waals surface area contributed by atoms with Crippen molar-refractivity contribution in [3.8, 4) is 0 Å². The number of hydrogen-bond acceptors (Lipinski definition) is 4. The van der Waals surface area contributed by atoms with Gasteiger partial charge in [0.15, 0.2) is 5.96 Å². The summed E-state index contributed by atoms with van der Waals surface area (Å²) in [5.74, 6) is -2.68. The van der Waals surface area contributed by atoms with Crippen molar-refractivity contribution in [2.45, 2.75) is 105 Å². The first-order chi connectivity index (χ1) is 20.0. The first-order valence-electron chi connectivity index (χ1n) is 15.2. The number of nitrogens with zero attached hydrogens (tertiary/aromatic N) is 1. The molecule has 2 atom stereocenters. The number of carbonyl (C=O) groups is 2. The Kier molecular flexibility index (Phi) is 13.4. The molecule has 230 valence electrons. The Bertz CT molecular complexity index is 1270. The first kappa shape index (κ1) is 34.7. The van der Waals surface area contributed by atoms with E-state index in [4.69, 9.17) is 5.73 Å². The molecule has 2 aromatic carbocycles. The van der Waals surface area contributed by atoms with Gasteiger partial charge in [0.05, 0.1) is 12.1 Å². The Morgan fingerprint density at radius 2 is 1.88 bits per heavy atom. The number of allylic oxidation sites excluding steroid dienone is 1. The second-order valence-corrected chi connectivity index (χ2v) is 10.7. The van der Waals surface area contributed by atoms with Gasteiger partial charge in [0.25, 0.3) is 11.8 Å². The van der Waals surface area contributed by atoms with E-state index in [9.17, 15) is 18.4 Å². The van der Waals surface area contributed by atoms with Crippen molar-refractivity contribution >= 4 is 23.8 Å². The van der Waals surface area contributed by atoms with Crippen LogP contribution in [0.15, 0.2) is 47.5 Å². The minimum atomic E-state index is -2.82. The molecule has 2 unspecified atom stereocenters. The molecule has 1 heterocycles. The fourth-order valence-electron chi connectivity index (χ4n) is 5.20. The number of aryl methyl sites for hydroxylation is 2. The molecule has 42 heavy (non-hydrogen) atoms. The number of aliphatic imine (C=N–C) groups is 1. The lowest BCUT2D eigenvalue weighted by molar-refractivity contribution is -0.120. The summed E-state index contributed by atoms with van der Waals surface area (Å²) >= 11 is 0. The Hall–Kier alpha value is -3.55. The van der Waals surface area contributed by atoms with E-state index >= 15 is 0 Å². The minimum Gasteiger partial charge on any atom is -0.370 e. The zero-order valence-corrected chi connectivity index (χ0v) is 26.2. The van der Waals surface area contributed by atoms with E-state index in [0.29, 0.717) is 23.5 Å². The summed E-state index contributed by atoms with van der Waals surface area (Å²) in [6.07, 6.45) is 6.72. The molecule has 0 aromatic heterocycles. The maximum atomic E-state index is 14.0. The maximum absolute atomic E-state index is 14.0. The molecule has 0 saturated heterocycles. The van der Waals surface area contributed by atoms with Crippen LogP contribution in [0, 0.1) is 12.8 Å². The molecule has 2 aromatic rings. The van der Waals surface area contributed by atoms with E-state index in [0.717, 1.165) is 36.0 Å². The fraction of sp³-hybridized carbons (Fsp3) is 0.500. The molecule has 0 fully saturated rings. The predicted molar refractivity (Wildman–Crippen MR) is 169 cm³/mol. The summed E-state index contributed by atoms with van der Waals surface area (Å²) in [6, 6.07) is 10.3. The molecule has 1 aliphatic heterocycles. The van der Waals surface area contributed by atoms with Gasteiger partial charge in [-0.1, -0.05) is 71.9 Å². The molecule has 2 amide bonds. The van der Waals surface area contributed by atoms with E-state index in [-0.39, 0.29) is 48.3 Å². The zero-order valence-electron chi connectivity index (χ0n) is 26.2. The number of nitrogens with two attached hydrogens (primary N) is 1. The highest BCUT2D eigenvalue weighted by Gasteiger charge is 2.39. The molecule has 4 N–H and O–H groups in total. The topological polar surface area (TPSA) is 96.6 Å². The average Bonchev–Trinajstić information content (AvgIpc) is 3.26. The van der Waals surface area contributed by atoms with E-state index in [2.05, 4.69) is 41.6 Å². The zero-order chi connectivity index (χ0) is 31.4. The highest BCUT2D eigenvalue weighted by molar-refractivity contribution is 5.98. The number of fused-ring (bicyclic) bond motifs is 1. The molecule has 0 bridgehead atoms. The van der Waals surface area contributed by atoms with Crippen LogP contribution in [0.25, 0.3) is 6.08 Å². The normalized spacial score (nSPS) is 17.7. The third kappa shape index (κ3) is 9.50. The van der Waals surface area contributed by atoms with Crippen LogP contribution in [0.2, 0.25) is 0 Å².